The van der Waals surface area contributed by atoms with Crippen molar-refractivity contribution in [2.45, 2.75) is 32.5 Å². The van der Waals surface area contributed by atoms with Crippen molar-refractivity contribution in [1.82, 2.24) is 10.6 Å². The Balaban J connectivity index is 1.75. The summed E-state index contributed by atoms with van der Waals surface area (Å²) in [6.45, 7) is 6.50. The molecule has 3 N–H and O–H groups in total. The summed E-state index contributed by atoms with van der Waals surface area (Å²) in [5, 5.41) is 16.9. The number of hydrogen-bond acceptors (Lipinski definition) is 4. The van der Waals surface area contributed by atoms with Gasteiger partial charge in [-0.25, -0.2) is 0 Å². The molecule has 0 amide bonds. The summed E-state index contributed by atoms with van der Waals surface area (Å²) in [6, 6.07) is 17.6. The van der Waals surface area contributed by atoms with E-state index in [9.17, 15) is 5.11 Å². The highest BCUT2D eigenvalue weighted by Gasteiger charge is 2.09. The van der Waals surface area contributed by atoms with E-state index < -0.39 is 6.10 Å². The predicted molar refractivity (Wildman–Crippen MR) is 117 cm³/mol. The van der Waals surface area contributed by atoms with Crippen LogP contribution in [0.25, 0.3) is 0 Å². The molecule has 0 aliphatic heterocycles. The van der Waals surface area contributed by atoms with Crippen LogP contribution >= 0.6 is 0 Å². The van der Waals surface area contributed by atoms with Crippen molar-refractivity contribution in [2.24, 2.45) is 4.99 Å². The van der Waals surface area contributed by atoms with Gasteiger partial charge in [-0.2, -0.15) is 0 Å². The molecule has 6 nitrogen and oxygen atoms in total. The highest BCUT2D eigenvalue weighted by atomic mass is 16.5. The van der Waals surface area contributed by atoms with E-state index in [2.05, 4.69) is 34.7 Å². The Morgan fingerprint density at radius 2 is 1.83 bits per heavy atom. The summed E-state index contributed by atoms with van der Waals surface area (Å²) >= 11 is 0. The SMILES string of the molecule is CCNC(=NCC(O)c1cccc(OC)c1)NCCCOC(C)c1ccccc1. The number of nitrogens with zero attached hydrogens (tertiary/aromatic N) is 1. The third kappa shape index (κ3) is 8.13. The summed E-state index contributed by atoms with van der Waals surface area (Å²) in [6.07, 6.45) is 0.256. The van der Waals surface area contributed by atoms with E-state index in [1.165, 1.54) is 5.56 Å². The fourth-order valence-electron chi connectivity index (χ4n) is 2.83. The first-order valence-electron chi connectivity index (χ1n) is 10.1. The first kappa shape index (κ1) is 22.7. The monoisotopic (exact) mass is 399 g/mol. The fourth-order valence-corrected chi connectivity index (χ4v) is 2.83. The molecule has 0 spiro atoms. The molecule has 29 heavy (non-hydrogen) atoms. The minimum absolute atomic E-state index is 0.0797. The molecule has 158 valence electrons. The molecule has 2 atom stereocenters. The summed E-state index contributed by atoms with van der Waals surface area (Å²) < 4.78 is 11.1. The first-order valence-corrected chi connectivity index (χ1v) is 10.1. The Bertz CT molecular complexity index is 737. The lowest BCUT2D eigenvalue weighted by Gasteiger charge is -2.15. The van der Waals surface area contributed by atoms with Gasteiger partial charge in [0.15, 0.2) is 5.96 Å². The van der Waals surface area contributed by atoms with Crippen molar-refractivity contribution < 1.29 is 14.6 Å². The van der Waals surface area contributed by atoms with E-state index in [0.29, 0.717) is 12.6 Å². The average Bonchev–Trinajstić information content (AvgIpc) is 2.77. The molecule has 0 fully saturated rings. The van der Waals surface area contributed by atoms with Crippen molar-refractivity contribution in [3.05, 3.63) is 65.7 Å². The zero-order chi connectivity index (χ0) is 20.9. The Hall–Kier alpha value is -2.57. The van der Waals surface area contributed by atoms with Gasteiger partial charge in [0.05, 0.1) is 25.9 Å². The second-order valence-corrected chi connectivity index (χ2v) is 6.72. The number of ether oxygens (including phenoxy) is 2. The number of aliphatic imine (C=N–C) groups is 1. The van der Waals surface area contributed by atoms with Gasteiger partial charge in [-0.1, -0.05) is 42.5 Å². The van der Waals surface area contributed by atoms with Gasteiger partial charge in [-0.05, 0) is 43.5 Å². The maximum absolute atomic E-state index is 10.4. The minimum Gasteiger partial charge on any atom is -0.497 e. The molecule has 2 unspecified atom stereocenters. The number of guanidine groups is 1. The van der Waals surface area contributed by atoms with Gasteiger partial charge < -0.3 is 25.2 Å². The van der Waals surface area contributed by atoms with Crippen LogP contribution < -0.4 is 15.4 Å². The van der Waals surface area contributed by atoms with Crippen LogP contribution in [0.4, 0.5) is 0 Å². The minimum atomic E-state index is -0.685. The van der Waals surface area contributed by atoms with E-state index >= 15 is 0 Å². The number of rotatable bonds is 11. The van der Waals surface area contributed by atoms with Crippen molar-refractivity contribution in [3.8, 4) is 5.75 Å². The maximum atomic E-state index is 10.4. The molecular weight excluding hydrogens is 366 g/mol. The molecule has 2 aromatic rings. The summed E-state index contributed by atoms with van der Waals surface area (Å²) in [5.74, 6) is 1.41. The van der Waals surface area contributed by atoms with Crippen molar-refractivity contribution in [1.29, 1.82) is 0 Å². The Morgan fingerprint density at radius 3 is 2.55 bits per heavy atom. The lowest BCUT2D eigenvalue weighted by atomic mass is 10.1. The summed E-state index contributed by atoms with van der Waals surface area (Å²) in [4.78, 5) is 4.49. The summed E-state index contributed by atoms with van der Waals surface area (Å²) in [7, 11) is 1.61. The number of aliphatic hydroxyl groups excluding tert-OH is 1. The van der Waals surface area contributed by atoms with Crippen LogP contribution in [-0.2, 0) is 4.74 Å². The van der Waals surface area contributed by atoms with E-state index in [-0.39, 0.29) is 12.6 Å². The topological polar surface area (TPSA) is 75.1 Å². The van der Waals surface area contributed by atoms with E-state index in [1.807, 2.05) is 49.4 Å². The number of methoxy groups -OCH3 is 1. The van der Waals surface area contributed by atoms with Crippen LogP contribution in [0, 0.1) is 0 Å². The van der Waals surface area contributed by atoms with Crippen LogP contribution in [-0.4, -0.2) is 44.4 Å². The second-order valence-electron chi connectivity index (χ2n) is 6.72. The van der Waals surface area contributed by atoms with E-state index in [0.717, 1.165) is 30.8 Å². The average molecular weight is 400 g/mol. The Labute approximate surface area is 174 Å². The molecular formula is C23H33N3O3. The Kier molecular flexibility index (Phi) is 10.0. The van der Waals surface area contributed by atoms with Gasteiger partial charge in [0.2, 0.25) is 0 Å². The van der Waals surface area contributed by atoms with Gasteiger partial charge in [-0.15, -0.1) is 0 Å². The lowest BCUT2D eigenvalue weighted by Crippen LogP contribution is -2.38. The van der Waals surface area contributed by atoms with E-state index in [1.54, 1.807) is 7.11 Å². The highest BCUT2D eigenvalue weighted by molar-refractivity contribution is 5.79. The number of benzene rings is 2. The standard InChI is InChI=1S/C23H33N3O3/c1-4-24-23(26-17-22(27)20-12-8-13-21(16-20)28-3)25-14-9-15-29-18(2)19-10-6-5-7-11-19/h5-8,10-13,16,18,22,27H,4,9,14-15,17H2,1-3H3,(H2,24,25,26). The van der Waals surface area contributed by atoms with Gasteiger partial charge in [-0.3, -0.25) is 4.99 Å². The van der Waals surface area contributed by atoms with Crippen molar-refractivity contribution in [3.63, 3.8) is 0 Å². The third-order valence-corrected chi connectivity index (χ3v) is 4.50. The van der Waals surface area contributed by atoms with Gasteiger partial charge in [0, 0.05) is 19.7 Å². The molecule has 0 radical (unpaired) electrons. The zero-order valence-electron chi connectivity index (χ0n) is 17.6. The van der Waals surface area contributed by atoms with Crippen molar-refractivity contribution >= 4 is 5.96 Å². The molecule has 0 bridgehead atoms. The fraction of sp³-hybridized carbons (Fsp3) is 0.435. The van der Waals surface area contributed by atoms with Crippen LogP contribution in [0.2, 0.25) is 0 Å². The molecule has 0 saturated heterocycles. The predicted octanol–water partition coefficient (Wildman–Crippen LogP) is 3.45. The van der Waals surface area contributed by atoms with Gasteiger partial charge in [0.1, 0.15) is 5.75 Å². The molecule has 0 saturated carbocycles. The van der Waals surface area contributed by atoms with Crippen LogP contribution in [0.3, 0.4) is 0 Å². The normalized spacial score (nSPS) is 13.6. The van der Waals surface area contributed by atoms with Crippen LogP contribution in [0.5, 0.6) is 5.75 Å². The molecule has 6 heteroatoms. The molecule has 0 aromatic heterocycles. The van der Waals surface area contributed by atoms with Gasteiger partial charge >= 0.3 is 0 Å². The number of hydrogen-bond donors (Lipinski definition) is 3. The third-order valence-electron chi connectivity index (χ3n) is 4.50. The summed E-state index contributed by atoms with van der Waals surface area (Å²) in [5.41, 5.74) is 1.97. The van der Waals surface area contributed by atoms with Gasteiger partial charge in [0.25, 0.3) is 0 Å². The van der Waals surface area contributed by atoms with Crippen molar-refractivity contribution in [2.75, 3.05) is 33.4 Å². The maximum Gasteiger partial charge on any atom is 0.191 e. The lowest BCUT2D eigenvalue weighted by molar-refractivity contribution is 0.0646. The quantitative estimate of drug-likeness (QED) is 0.307. The second kappa shape index (κ2) is 12.8. The smallest absolute Gasteiger partial charge is 0.191 e. The van der Waals surface area contributed by atoms with Crippen LogP contribution in [0.1, 0.15) is 43.6 Å². The van der Waals surface area contributed by atoms with Crippen LogP contribution in [0.15, 0.2) is 59.6 Å². The Morgan fingerprint density at radius 1 is 1.07 bits per heavy atom. The first-order chi connectivity index (χ1) is 14.1. The molecule has 0 aliphatic carbocycles. The number of nitrogens with one attached hydrogen (secondary N) is 2. The molecule has 0 heterocycles. The number of aliphatic hydroxyl groups is 1. The largest absolute Gasteiger partial charge is 0.497 e. The highest BCUT2D eigenvalue weighted by Crippen LogP contribution is 2.19. The molecule has 2 rings (SSSR count). The van der Waals surface area contributed by atoms with E-state index in [4.69, 9.17) is 9.47 Å². The molecule has 2 aromatic carbocycles. The molecule has 0 aliphatic rings. The zero-order valence-corrected chi connectivity index (χ0v) is 17.6.